The highest BCUT2D eigenvalue weighted by molar-refractivity contribution is 7.74. The van der Waals surface area contributed by atoms with Gasteiger partial charge < -0.3 is 0 Å². The van der Waals surface area contributed by atoms with Crippen LogP contribution in [0.4, 0.5) is 0 Å². The minimum atomic E-state index is -2.08. The molecular weight excluding hydrogens is 260 g/mol. The Hall–Kier alpha value is 0.0700. The first-order valence-corrected chi connectivity index (χ1v) is 9.04. The Morgan fingerprint density at radius 2 is 1.11 bits per heavy atom. The van der Waals surface area contributed by atoms with Crippen LogP contribution < -0.4 is 0 Å². The van der Waals surface area contributed by atoms with E-state index in [0.29, 0.717) is 6.61 Å². The van der Waals surface area contributed by atoms with Crippen LogP contribution in [0, 0.1) is 0 Å². The number of hydrogen-bond acceptors (Lipinski definition) is 2. The first-order valence-electron chi connectivity index (χ1n) is 8.01. The van der Waals surface area contributed by atoms with Gasteiger partial charge in [-0.25, -0.2) is 0 Å². The first-order chi connectivity index (χ1) is 9.27. The van der Waals surface area contributed by atoms with Crippen molar-refractivity contribution in [1.29, 1.82) is 0 Å². The molecule has 0 aromatic rings. The minimum Gasteiger partial charge on any atom is -0.284 e. The third-order valence-electron chi connectivity index (χ3n) is 3.43. The Labute approximate surface area is 122 Å². The monoisotopic (exact) mass is 292 g/mol. The van der Waals surface area contributed by atoms with Crippen LogP contribution in [0.15, 0.2) is 0 Å². The third-order valence-corrected chi connectivity index (χ3v) is 3.80. The molecule has 0 aromatic carbocycles. The van der Waals surface area contributed by atoms with Gasteiger partial charge >= 0.3 is 11.4 Å². The lowest BCUT2D eigenvalue weighted by Crippen LogP contribution is -1.97. The highest BCUT2D eigenvalue weighted by atomic mass is 32.2. The fraction of sp³-hybridized carbons (Fsp3) is 1.00. The second-order valence-electron chi connectivity index (χ2n) is 5.28. The minimum absolute atomic E-state index is 0.404. The van der Waals surface area contributed by atoms with Crippen LogP contribution in [0.1, 0.15) is 90.4 Å². The summed E-state index contributed by atoms with van der Waals surface area (Å²) < 4.78 is 23.2. The van der Waals surface area contributed by atoms with Gasteiger partial charge in [0.15, 0.2) is 0 Å². The smallest absolute Gasteiger partial charge is 0.284 e. The zero-order valence-electron chi connectivity index (χ0n) is 12.6. The van der Waals surface area contributed by atoms with Crippen LogP contribution in [-0.2, 0) is 15.5 Å². The molecule has 0 bridgehead atoms. The Morgan fingerprint density at radius 1 is 0.737 bits per heavy atom. The molecule has 1 atom stereocenters. The van der Waals surface area contributed by atoms with Gasteiger partial charge in [0.2, 0.25) is 0 Å². The molecule has 0 aromatic heterocycles. The molecule has 0 rings (SSSR count). The molecule has 0 aliphatic heterocycles. The molecule has 0 saturated carbocycles. The zero-order chi connectivity index (χ0) is 14.2. The van der Waals surface area contributed by atoms with Crippen LogP contribution in [0.25, 0.3) is 0 Å². The molecular formula is C15H32O3S. The lowest BCUT2D eigenvalue weighted by atomic mass is 10.0. The Bertz CT molecular complexity index is 198. The van der Waals surface area contributed by atoms with Gasteiger partial charge in [0.05, 0.1) is 6.61 Å². The zero-order valence-corrected chi connectivity index (χ0v) is 13.4. The average molecular weight is 292 g/mol. The fourth-order valence-electron chi connectivity index (χ4n) is 2.25. The van der Waals surface area contributed by atoms with E-state index in [2.05, 4.69) is 11.1 Å². The maximum absolute atomic E-state index is 10.2. The van der Waals surface area contributed by atoms with E-state index < -0.39 is 11.4 Å². The van der Waals surface area contributed by atoms with Gasteiger partial charge in [-0.3, -0.25) is 8.74 Å². The summed E-state index contributed by atoms with van der Waals surface area (Å²) in [5, 5.41) is 0. The SMILES string of the molecule is CCCCCCCCCCCCCCCOS(=O)O. The Balaban J connectivity index is 2.93. The predicted molar refractivity (Wildman–Crippen MR) is 82.4 cm³/mol. The molecule has 0 radical (unpaired) electrons. The maximum Gasteiger partial charge on any atom is 0.301 e. The van der Waals surface area contributed by atoms with Crippen molar-refractivity contribution >= 4 is 11.4 Å². The van der Waals surface area contributed by atoms with Gasteiger partial charge in [-0.05, 0) is 6.42 Å². The normalized spacial score (nSPS) is 12.7. The van der Waals surface area contributed by atoms with Crippen molar-refractivity contribution in [3.63, 3.8) is 0 Å². The summed E-state index contributed by atoms with van der Waals surface area (Å²) in [4.78, 5) is 0. The molecule has 19 heavy (non-hydrogen) atoms. The van der Waals surface area contributed by atoms with Crippen LogP contribution in [-0.4, -0.2) is 15.4 Å². The van der Waals surface area contributed by atoms with E-state index in [1.165, 1.54) is 70.6 Å². The maximum atomic E-state index is 10.2. The quantitative estimate of drug-likeness (QED) is 0.332. The van der Waals surface area contributed by atoms with Crippen molar-refractivity contribution in [2.75, 3.05) is 6.61 Å². The summed E-state index contributed by atoms with van der Waals surface area (Å²) in [6.07, 6.45) is 17.0. The molecule has 0 aliphatic rings. The summed E-state index contributed by atoms with van der Waals surface area (Å²) in [5.74, 6) is 0. The molecule has 4 heteroatoms. The summed E-state index contributed by atoms with van der Waals surface area (Å²) >= 11 is -2.08. The van der Waals surface area contributed by atoms with Gasteiger partial charge in [-0.15, -0.1) is 0 Å². The topological polar surface area (TPSA) is 46.5 Å². The van der Waals surface area contributed by atoms with E-state index in [1.807, 2.05) is 0 Å². The number of unbranched alkanes of at least 4 members (excludes halogenated alkanes) is 12. The summed E-state index contributed by atoms with van der Waals surface area (Å²) in [5.41, 5.74) is 0. The molecule has 116 valence electrons. The van der Waals surface area contributed by atoms with Gasteiger partial charge in [0.25, 0.3) is 0 Å². The molecule has 0 amide bonds. The van der Waals surface area contributed by atoms with Crippen molar-refractivity contribution in [2.45, 2.75) is 90.4 Å². The Kier molecular flexibility index (Phi) is 16.2. The van der Waals surface area contributed by atoms with Gasteiger partial charge in [-0.1, -0.05) is 84.0 Å². The van der Waals surface area contributed by atoms with E-state index in [0.717, 1.165) is 12.8 Å². The van der Waals surface area contributed by atoms with Gasteiger partial charge in [0, 0.05) is 0 Å². The second kappa shape index (κ2) is 16.1. The molecule has 0 saturated heterocycles. The van der Waals surface area contributed by atoms with Crippen LogP contribution in [0.2, 0.25) is 0 Å². The molecule has 0 fully saturated rings. The largest absolute Gasteiger partial charge is 0.301 e. The summed E-state index contributed by atoms with van der Waals surface area (Å²) in [7, 11) is 0. The summed E-state index contributed by atoms with van der Waals surface area (Å²) in [6, 6.07) is 0. The van der Waals surface area contributed by atoms with E-state index >= 15 is 0 Å². The van der Waals surface area contributed by atoms with Crippen molar-refractivity contribution in [2.24, 2.45) is 0 Å². The second-order valence-corrected chi connectivity index (χ2v) is 5.95. The Morgan fingerprint density at radius 3 is 1.47 bits per heavy atom. The van der Waals surface area contributed by atoms with Crippen molar-refractivity contribution in [3.8, 4) is 0 Å². The standard InChI is InChI=1S/C15H32O3S/c1-2-3-4-5-6-7-8-9-10-11-12-13-14-15-18-19(16)17/h2-15H2,1H3,(H,16,17). The van der Waals surface area contributed by atoms with Crippen LogP contribution in [0.5, 0.6) is 0 Å². The predicted octanol–water partition coefficient (Wildman–Crippen LogP) is 5.23. The third kappa shape index (κ3) is 18.1. The molecule has 0 aliphatic carbocycles. The molecule has 1 N–H and O–H groups in total. The highest BCUT2D eigenvalue weighted by Gasteiger charge is 1.95. The van der Waals surface area contributed by atoms with E-state index in [9.17, 15) is 4.21 Å². The lowest BCUT2D eigenvalue weighted by molar-refractivity contribution is 0.296. The highest BCUT2D eigenvalue weighted by Crippen LogP contribution is 2.12. The lowest BCUT2D eigenvalue weighted by Gasteiger charge is -2.02. The van der Waals surface area contributed by atoms with Crippen molar-refractivity contribution in [1.82, 2.24) is 0 Å². The van der Waals surface area contributed by atoms with Crippen molar-refractivity contribution in [3.05, 3.63) is 0 Å². The summed E-state index contributed by atoms with van der Waals surface area (Å²) in [6.45, 7) is 2.66. The molecule has 0 heterocycles. The number of hydrogen-bond donors (Lipinski definition) is 1. The van der Waals surface area contributed by atoms with E-state index in [1.54, 1.807) is 0 Å². The molecule has 0 spiro atoms. The van der Waals surface area contributed by atoms with Crippen LogP contribution >= 0.6 is 0 Å². The van der Waals surface area contributed by atoms with E-state index in [4.69, 9.17) is 4.55 Å². The van der Waals surface area contributed by atoms with E-state index in [-0.39, 0.29) is 0 Å². The number of rotatable bonds is 15. The van der Waals surface area contributed by atoms with Crippen LogP contribution in [0.3, 0.4) is 0 Å². The van der Waals surface area contributed by atoms with Crippen molar-refractivity contribution < 1.29 is 12.9 Å². The first kappa shape index (κ1) is 19.1. The molecule has 1 unspecified atom stereocenters. The fourth-order valence-corrected chi connectivity index (χ4v) is 2.51. The van der Waals surface area contributed by atoms with Gasteiger partial charge in [0.1, 0.15) is 0 Å². The van der Waals surface area contributed by atoms with Gasteiger partial charge in [-0.2, -0.15) is 4.21 Å². The average Bonchev–Trinajstić information content (AvgIpc) is 2.39. The molecule has 3 nitrogen and oxygen atoms in total.